The normalized spacial score (nSPS) is 20.4. The molecule has 1 aromatic heterocycles. The maximum absolute atomic E-state index is 12.2. The highest BCUT2D eigenvalue weighted by molar-refractivity contribution is 6.37. The van der Waals surface area contributed by atoms with Gasteiger partial charge < -0.3 is 9.30 Å². The van der Waals surface area contributed by atoms with Crippen molar-refractivity contribution < 1.29 is 9.53 Å². The summed E-state index contributed by atoms with van der Waals surface area (Å²) in [5.74, 6) is -0.428. The molecule has 20 heavy (non-hydrogen) atoms. The van der Waals surface area contributed by atoms with E-state index in [1.165, 1.54) is 0 Å². The maximum Gasteiger partial charge on any atom is 0.340 e. The van der Waals surface area contributed by atoms with E-state index in [0.29, 0.717) is 15.6 Å². The molecule has 0 radical (unpaired) electrons. The predicted molar refractivity (Wildman–Crippen MR) is 76.3 cm³/mol. The van der Waals surface area contributed by atoms with E-state index in [9.17, 15) is 4.79 Å². The molecule has 104 valence electrons. The lowest BCUT2D eigenvalue weighted by Gasteiger charge is -2.40. The van der Waals surface area contributed by atoms with E-state index < -0.39 is 11.6 Å². The van der Waals surface area contributed by atoms with Crippen LogP contribution in [0.15, 0.2) is 30.9 Å². The summed E-state index contributed by atoms with van der Waals surface area (Å²) < 4.78 is 7.43. The minimum atomic E-state index is -0.723. The van der Waals surface area contributed by atoms with Crippen molar-refractivity contribution in [3.8, 4) is 0 Å². The second kappa shape index (κ2) is 4.50. The second-order valence-electron chi connectivity index (χ2n) is 5.26. The molecule has 0 amide bonds. The standard InChI is InChI=1S/C14H12Cl2N2O2/c1-14(2)12(18-4-3-17-7-18)9-5-8(15)6-10(16)11(9)13(19)20-14/h3-7,12H,1-2H3/t12-/m0/s1. The van der Waals surface area contributed by atoms with Crippen molar-refractivity contribution in [3.63, 3.8) is 0 Å². The molecule has 1 aromatic carbocycles. The Morgan fingerprint density at radius 1 is 1.35 bits per heavy atom. The van der Waals surface area contributed by atoms with E-state index in [1.807, 2.05) is 24.6 Å². The number of hydrogen-bond acceptors (Lipinski definition) is 3. The third kappa shape index (κ3) is 2.00. The lowest BCUT2D eigenvalue weighted by Crippen LogP contribution is -2.43. The summed E-state index contributed by atoms with van der Waals surface area (Å²) in [5.41, 5.74) is 0.398. The Bertz CT molecular complexity index is 681. The van der Waals surface area contributed by atoms with Gasteiger partial charge in [0, 0.05) is 17.4 Å². The molecule has 0 saturated carbocycles. The third-order valence-electron chi connectivity index (χ3n) is 3.42. The predicted octanol–water partition coefficient (Wildman–Crippen LogP) is 3.73. The Kier molecular flexibility index (Phi) is 3.03. The van der Waals surface area contributed by atoms with Crippen LogP contribution in [0, 0.1) is 0 Å². The van der Waals surface area contributed by atoms with Crippen molar-refractivity contribution in [1.82, 2.24) is 9.55 Å². The number of rotatable bonds is 1. The highest BCUT2D eigenvalue weighted by atomic mass is 35.5. The number of nitrogens with zero attached hydrogens (tertiary/aromatic N) is 2. The molecular weight excluding hydrogens is 299 g/mol. The molecule has 0 bridgehead atoms. The van der Waals surface area contributed by atoms with Crippen LogP contribution in [0.1, 0.15) is 35.8 Å². The number of fused-ring (bicyclic) bond motifs is 1. The van der Waals surface area contributed by atoms with Crippen molar-refractivity contribution in [1.29, 1.82) is 0 Å². The fourth-order valence-electron chi connectivity index (χ4n) is 2.69. The Morgan fingerprint density at radius 2 is 2.10 bits per heavy atom. The van der Waals surface area contributed by atoms with Crippen molar-refractivity contribution >= 4 is 29.2 Å². The fraction of sp³-hybridized carbons (Fsp3) is 0.286. The van der Waals surface area contributed by atoms with Gasteiger partial charge in [0.2, 0.25) is 0 Å². The molecular formula is C14H12Cl2N2O2. The van der Waals surface area contributed by atoms with Gasteiger partial charge in [0.25, 0.3) is 0 Å². The van der Waals surface area contributed by atoms with Gasteiger partial charge in [-0.05, 0) is 31.5 Å². The lowest BCUT2D eigenvalue weighted by molar-refractivity contribution is -0.0260. The first kappa shape index (κ1) is 13.5. The van der Waals surface area contributed by atoms with Crippen molar-refractivity contribution in [2.75, 3.05) is 0 Å². The minimum absolute atomic E-state index is 0.228. The first-order valence-electron chi connectivity index (χ1n) is 6.10. The van der Waals surface area contributed by atoms with Crippen LogP contribution in [-0.4, -0.2) is 21.1 Å². The van der Waals surface area contributed by atoms with Gasteiger partial charge in [0.05, 0.1) is 23.0 Å². The molecule has 3 rings (SSSR count). The van der Waals surface area contributed by atoms with Crippen molar-refractivity contribution in [2.24, 2.45) is 0 Å². The smallest absolute Gasteiger partial charge is 0.340 e. The number of imidazole rings is 1. The Labute approximate surface area is 126 Å². The molecule has 4 nitrogen and oxygen atoms in total. The van der Waals surface area contributed by atoms with Crippen LogP contribution in [-0.2, 0) is 4.74 Å². The number of ether oxygens (including phenoxy) is 1. The zero-order chi connectivity index (χ0) is 14.5. The summed E-state index contributed by atoms with van der Waals surface area (Å²) in [4.78, 5) is 16.2. The Hall–Kier alpha value is -1.52. The van der Waals surface area contributed by atoms with Gasteiger partial charge in [-0.25, -0.2) is 9.78 Å². The van der Waals surface area contributed by atoms with Gasteiger partial charge in [-0.15, -0.1) is 0 Å². The van der Waals surface area contributed by atoms with Crippen LogP contribution in [0.2, 0.25) is 10.0 Å². The molecule has 0 unspecified atom stereocenters. The Balaban J connectivity index is 2.29. The number of benzene rings is 1. The van der Waals surface area contributed by atoms with Gasteiger partial charge in [0.15, 0.2) is 0 Å². The highest BCUT2D eigenvalue weighted by Gasteiger charge is 2.43. The van der Waals surface area contributed by atoms with Gasteiger partial charge in [0.1, 0.15) is 5.60 Å². The molecule has 1 aliphatic rings. The SMILES string of the molecule is CC1(C)OC(=O)c2c(Cl)cc(Cl)cc2[C@@H]1n1ccnc1. The van der Waals surface area contributed by atoms with E-state index in [1.54, 1.807) is 24.7 Å². The molecule has 0 fully saturated rings. The van der Waals surface area contributed by atoms with Crippen LogP contribution >= 0.6 is 23.2 Å². The topological polar surface area (TPSA) is 44.1 Å². The second-order valence-corrected chi connectivity index (χ2v) is 6.10. The third-order valence-corrected chi connectivity index (χ3v) is 3.94. The average Bonchev–Trinajstić information content (AvgIpc) is 2.79. The number of halogens is 2. The van der Waals surface area contributed by atoms with E-state index in [2.05, 4.69) is 4.98 Å². The summed E-state index contributed by atoms with van der Waals surface area (Å²) in [6.45, 7) is 3.71. The zero-order valence-electron chi connectivity index (χ0n) is 10.9. The highest BCUT2D eigenvalue weighted by Crippen LogP contribution is 2.43. The molecule has 1 aliphatic heterocycles. The zero-order valence-corrected chi connectivity index (χ0v) is 12.4. The van der Waals surface area contributed by atoms with Crippen molar-refractivity contribution in [2.45, 2.75) is 25.5 Å². The van der Waals surface area contributed by atoms with Crippen LogP contribution in [0.4, 0.5) is 0 Å². The van der Waals surface area contributed by atoms with E-state index in [-0.39, 0.29) is 6.04 Å². The average molecular weight is 311 g/mol. The van der Waals surface area contributed by atoms with Crippen LogP contribution in [0.3, 0.4) is 0 Å². The summed E-state index contributed by atoms with van der Waals surface area (Å²) in [7, 11) is 0. The maximum atomic E-state index is 12.2. The van der Waals surface area contributed by atoms with E-state index in [4.69, 9.17) is 27.9 Å². The molecule has 0 N–H and O–H groups in total. The van der Waals surface area contributed by atoms with Crippen molar-refractivity contribution in [3.05, 3.63) is 52.0 Å². The Morgan fingerprint density at radius 3 is 2.75 bits per heavy atom. The molecule has 0 spiro atoms. The van der Waals surface area contributed by atoms with E-state index >= 15 is 0 Å². The quantitative estimate of drug-likeness (QED) is 0.754. The first-order valence-corrected chi connectivity index (χ1v) is 6.85. The van der Waals surface area contributed by atoms with Crippen LogP contribution < -0.4 is 0 Å². The molecule has 2 heterocycles. The largest absolute Gasteiger partial charge is 0.453 e. The van der Waals surface area contributed by atoms with Crippen LogP contribution in [0.5, 0.6) is 0 Å². The number of hydrogen-bond donors (Lipinski definition) is 0. The molecule has 0 aliphatic carbocycles. The molecule has 6 heteroatoms. The monoisotopic (exact) mass is 310 g/mol. The number of esters is 1. The van der Waals surface area contributed by atoms with Crippen LogP contribution in [0.25, 0.3) is 0 Å². The van der Waals surface area contributed by atoms with Gasteiger partial charge in [-0.2, -0.15) is 0 Å². The van der Waals surface area contributed by atoms with Gasteiger partial charge in [-0.3, -0.25) is 0 Å². The minimum Gasteiger partial charge on any atom is -0.453 e. The first-order chi connectivity index (χ1) is 9.40. The fourth-order valence-corrected chi connectivity index (χ4v) is 3.27. The number of carbonyl (C=O) groups excluding carboxylic acids is 1. The summed E-state index contributed by atoms with van der Waals surface area (Å²) in [6.07, 6.45) is 5.19. The summed E-state index contributed by atoms with van der Waals surface area (Å²) in [5, 5.41) is 0.794. The number of cyclic esters (lactones) is 1. The van der Waals surface area contributed by atoms with Gasteiger partial charge >= 0.3 is 5.97 Å². The summed E-state index contributed by atoms with van der Waals surface area (Å²) in [6, 6.07) is 3.08. The van der Waals surface area contributed by atoms with Gasteiger partial charge in [-0.1, -0.05) is 23.2 Å². The molecule has 0 saturated heterocycles. The summed E-state index contributed by atoms with van der Waals surface area (Å²) >= 11 is 12.2. The number of carbonyl (C=O) groups is 1. The lowest BCUT2D eigenvalue weighted by atomic mass is 9.85. The van der Waals surface area contributed by atoms with E-state index in [0.717, 1.165) is 5.56 Å². The molecule has 2 aromatic rings. The molecule has 1 atom stereocenters. The number of aromatic nitrogens is 2.